The number of fused-ring (bicyclic) bond motifs is 8. The lowest BCUT2D eigenvalue weighted by Crippen LogP contribution is -2.28. The lowest BCUT2D eigenvalue weighted by atomic mass is 9.67. The first-order chi connectivity index (χ1) is 35.5. The molecule has 0 amide bonds. The van der Waals surface area contributed by atoms with Gasteiger partial charge in [0.25, 0.3) is 0 Å². The number of nitrogens with zero attached hydrogens (tertiary/aromatic N) is 2. The highest BCUT2D eigenvalue weighted by Crippen LogP contribution is 2.59. The van der Waals surface area contributed by atoms with Crippen molar-refractivity contribution in [3.63, 3.8) is 0 Å². The van der Waals surface area contributed by atoms with Gasteiger partial charge in [-0.2, -0.15) is 0 Å². The van der Waals surface area contributed by atoms with Crippen molar-refractivity contribution in [2.75, 3.05) is 0 Å². The molecule has 1 heterocycles. The van der Waals surface area contributed by atoms with E-state index in [0.29, 0.717) is 5.82 Å². The Morgan fingerprint density at radius 2 is 0.764 bits per heavy atom. The fraction of sp³-hybridized carbons (Fsp3) is 0.0571. The number of benzene rings is 11. The fourth-order valence-corrected chi connectivity index (χ4v) is 12.6. The molecule has 338 valence electrons. The zero-order chi connectivity index (χ0) is 48.0. The number of hydrogen-bond donors (Lipinski definition) is 0. The lowest BCUT2D eigenvalue weighted by molar-refractivity contribution is 0.661. The van der Waals surface area contributed by atoms with E-state index in [4.69, 9.17) is 9.97 Å². The van der Waals surface area contributed by atoms with Crippen LogP contribution in [0, 0.1) is 0 Å². The molecule has 1 aromatic heterocycles. The van der Waals surface area contributed by atoms with Gasteiger partial charge in [-0.15, -0.1) is 0 Å². The summed E-state index contributed by atoms with van der Waals surface area (Å²) in [5.41, 5.74) is 21.9. The molecule has 72 heavy (non-hydrogen) atoms. The Morgan fingerprint density at radius 1 is 0.292 bits per heavy atom. The van der Waals surface area contributed by atoms with Gasteiger partial charge < -0.3 is 0 Å². The summed E-state index contributed by atoms with van der Waals surface area (Å²) in [6, 6.07) is 93.4. The van der Waals surface area contributed by atoms with Gasteiger partial charge >= 0.3 is 0 Å². The standard InChI is InChI=1S/C70H48N2/c1-69(2)61-38-20-35-57(67(61)59-42-46-24-12-13-25-47(46)43-63(59)69)53-40-41-55(51-31-15-14-30-50(51)53)65-44-64(71-68(72-65)45-22-6-3-7-23-45)54-33-17-16-32-52(54)56-36-21-39-62-66(56)58-34-18-19-37-60(58)70(62,48-26-8-4-9-27-48)49-28-10-5-11-29-49/h3-44H,1-2H3. The summed E-state index contributed by atoms with van der Waals surface area (Å²) in [4.78, 5) is 10.9. The van der Waals surface area contributed by atoms with Crippen LogP contribution >= 0.6 is 0 Å². The van der Waals surface area contributed by atoms with Crippen molar-refractivity contribution in [3.05, 3.63) is 288 Å². The zero-order valence-corrected chi connectivity index (χ0v) is 40.1. The third-order valence-corrected chi connectivity index (χ3v) is 15.8. The van der Waals surface area contributed by atoms with Crippen molar-refractivity contribution in [1.29, 1.82) is 0 Å². The van der Waals surface area contributed by atoms with Crippen molar-refractivity contribution in [1.82, 2.24) is 9.97 Å². The average molecular weight is 917 g/mol. The van der Waals surface area contributed by atoms with Crippen molar-refractivity contribution in [2.24, 2.45) is 0 Å². The van der Waals surface area contributed by atoms with Crippen LogP contribution in [0.4, 0.5) is 0 Å². The van der Waals surface area contributed by atoms with Crippen molar-refractivity contribution in [2.45, 2.75) is 24.7 Å². The molecule has 2 heteroatoms. The van der Waals surface area contributed by atoms with E-state index in [1.807, 2.05) is 0 Å². The number of aromatic nitrogens is 2. The summed E-state index contributed by atoms with van der Waals surface area (Å²) in [5, 5.41) is 4.88. The molecule has 2 nitrogen and oxygen atoms in total. The highest BCUT2D eigenvalue weighted by atomic mass is 14.9. The summed E-state index contributed by atoms with van der Waals surface area (Å²) in [6.45, 7) is 4.75. The molecule has 0 unspecified atom stereocenters. The van der Waals surface area contributed by atoms with Gasteiger partial charge in [-0.25, -0.2) is 9.97 Å². The summed E-state index contributed by atoms with van der Waals surface area (Å²) in [5.74, 6) is 0.689. The third kappa shape index (κ3) is 6.22. The van der Waals surface area contributed by atoms with Gasteiger partial charge in [-0.1, -0.05) is 250 Å². The molecule has 11 aromatic carbocycles. The number of rotatable bonds is 7. The monoisotopic (exact) mass is 916 g/mol. The fourth-order valence-electron chi connectivity index (χ4n) is 12.6. The smallest absolute Gasteiger partial charge is 0.160 e. The predicted octanol–water partition coefficient (Wildman–Crippen LogP) is 17.8. The van der Waals surface area contributed by atoms with Gasteiger partial charge in [0.15, 0.2) is 5.82 Å². The minimum atomic E-state index is -0.511. The first-order valence-corrected chi connectivity index (χ1v) is 25.1. The summed E-state index contributed by atoms with van der Waals surface area (Å²) in [6.07, 6.45) is 0. The summed E-state index contributed by atoms with van der Waals surface area (Å²) < 4.78 is 0. The Kier molecular flexibility index (Phi) is 9.50. The van der Waals surface area contributed by atoms with Crippen molar-refractivity contribution in [3.8, 4) is 78.4 Å². The van der Waals surface area contributed by atoms with Crippen LogP contribution < -0.4 is 0 Å². The molecule has 0 saturated carbocycles. The van der Waals surface area contributed by atoms with Crippen LogP contribution in [-0.2, 0) is 10.8 Å². The van der Waals surface area contributed by atoms with Crippen LogP contribution in [0.5, 0.6) is 0 Å². The van der Waals surface area contributed by atoms with Crippen LogP contribution in [0.25, 0.3) is 100.0 Å². The van der Waals surface area contributed by atoms with E-state index in [2.05, 4.69) is 269 Å². The van der Waals surface area contributed by atoms with E-state index in [-0.39, 0.29) is 5.41 Å². The van der Waals surface area contributed by atoms with Crippen LogP contribution in [0.3, 0.4) is 0 Å². The first-order valence-electron chi connectivity index (χ1n) is 25.1. The van der Waals surface area contributed by atoms with Crippen LogP contribution in [0.1, 0.15) is 47.2 Å². The third-order valence-electron chi connectivity index (χ3n) is 15.8. The van der Waals surface area contributed by atoms with Gasteiger partial charge in [0.2, 0.25) is 0 Å². The Bertz CT molecular complexity index is 4070. The second kappa shape index (κ2) is 16.3. The second-order valence-corrected chi connectivity index (χ2v) is 19.9. The van der Waals surface area contributed by atoms with E-state index in [1.165, 1.54) is 88.5 Å². The Morgan fingerprint density at radius 3 is 1.46 bits per heavy atom. The molecule has 0 N–H and O–H groups in total. The molecule has 0 saturated heterocycles. The molecule has 0 spiro atoms. The van der Waals surface area contributed by atoms with Crippen LogP contribution in [0.15, 0.2) is 255 Å². The molecule has 0 radical (unpaired) electrons. The zero-order valence-electron chi connectivity index (χ0n) is 40.1. The van der Waals surface area contributed by atoms with E-state index in [1.54, 1.807) is 0 Å². The second-order valence-electron chi connectivity index (χ2n) is 19.9. The molecule has 2 aliphatic rings. The minimum absolute atomic E-state index is 0.141. The molecule has 0 aliphatic heterocycles. The van der Waals surface area contributed by atoms with Gasteiger partial charge in [-0.3, -0.25) is 0 Å². The molecular weight excluding hydrogens is 869 g/mol. The maximum Gasteiger partial charge on any atom is 0.160 e. The molecule has 0 atom stereocenters. The molecule has 14 rings (SSSR count). The Balaban J connectivity index is 0.968. The van der Waals surface area contributed by atoms with Gasteiger partial charge in [-0.05, 0) is 118 Å². The van der Waals surface area contributed by atoms with Crippen LogP contribution in [0.2, 0.25) is 0 Å². The molecule has 0 fully saturated rings. The highest BCUT2D eigenvalue weighted by molar-refractivity contribution is 6.09. The SMILES string of the molecule is CC1(C)c2cc3ccccc3cc2-c2c(-c3ccc(-c4cc(-c5ccccc5-c5cccc6c5-c5ccccc5C6(c5ccccc5)c5ccccc5)nc(-c5ccccc5)n4)c4ccccc34)cccc21. The maximum atomic E-state index is 5.48. The molecule has 12 aromatic rings. The largest absolute Gasteiger partial charge is 0.228 e. The normalized spacial score (nSPS) is 13.6. The Hall–Kier alpha value is -8.98. The molecule has 2 aliphatic carbocycles. The van der Waals surface area contributed by atoms with E-state index in [0.717, 1.165) is 39.0 Å². The lowest BCUT2D eigenvalue weighted by Gasteiger charge is -2.34. The van der Waals surface area contributed by atoms with E-state index in [9.17, 15) is 0 Å². The molecular formula is C70H48N2. The van der Waals surface area contributed by atoms with Gasteiger partial charge in [0.05, 0.1) is 16.8 Å². The predicted molar refractivity (Wildman–Crippen MR) is 299 cm³/mol. The van der Waals surface area contributed by atoms with E-state index >= 15 is 0 Å². The van der Waals surface area contributed by atoms with Crippen molar-refractivity contribution < 1.29 is 0 Å². The van der Waals surface area contributed by atoms with Crippen LogP contribution in [-0.4, -0.2) is 9.97 Å². The highest BCUT2D eigenvalue weighted by Gasteiger charge is 2.47. The van der Waals surface area contributed by atoms with Crippen molar-refractivity contribution >= 4 is 21.5 Å². The summed E-state index contributed by atoms with van der Waals surface area (Å²) >= 11 is 0. The maximum absolute atomic E-state index is 5.48. The topological polar surface area (TPSA) is 25.8 Å². The number of hydrogen-bond acceptors (Lipinski definition) is 2. The van der Waals surface area contributed by atoms with Gasteiger partial charge in [0.1, 0.15) is 0 Å². The average Bonchev–Trinajstić information content (AvgIpc) is 3.88. The van der Waals surface area contributed by atoms with E-state index < -0.39 is 5.41 Å². The Labute approximate surface area is 420 Å². The quantitative estimate of drug-likeness (QED) is 0.159. The first kappa shape index (κ1) is 41.9. The van der Waals surface area contributed by atoms with Gasteiger partial charge in [0, 0.05) is 22.1 Å². The molecule has 0 bridgehead atoms. The minimum Gasteiger partial charge on any atom is -0.228 e. The summed E-state index contributed by atoms with van der Waals surface area (Å²) in [7, 11) is 0.